The van der Waals surface area contributed by atoms with Gasteiger partial charge in [-0.2, -0.15) is 0 Å². The molecule has 0 aliphatic heterocycles. The first-order valence-corrected chi connectivity index (χ1v) is 10.1. The molecule has 6 heteroatoms. The smallest absolute Gasteiger partial charge is 0.255 e. The van der Waals surface area contributed by atoms with Crippen molar-refractivity contribution in [2.24, 2.45) is 0 Å². The van der Waals surface area contributed by atoms with E-state index in [0.29, 0.717) is 48.3 Å². The van der Waals surface area contributed by atoms with E-state index in [2.05, 4.69) is 5.32 Å². The van der Waals surface area contributed by atoms with E-state index in [1.54, 1.807) is 19.2 Å². The molecular weight excluding hydrogens is 382 g/mol. The van der Waals surface area contributed by atoms with E-state index < -0.39 is 0 Å². The summed E-state index contributed by atoms with van der Waals surface area (Å²) in [5, 5.41) is 4.82. The highest BCUT2D eigenvalue weighted by Crippen LogP contribution is 2.39. The predicted molar refractivity (Wildman–Crippen MR) is 118 cm³/mol. The third-order valence-corrected chi connectivity index (χ3v) is 4.52. The molecule has 1 N–H and O–H groups in total. The zero-order valence-electron chi connectivity index (χ0n) is 17.8. The Labute approximate surface area is 176 Å². The summed E-state index contributed by atoms with van der Waals surface area (Å²) >= 11 is 0. The summed E-state index contributed by atoms with van der Waals surface area (Å²) in [5.74, 6) is 1.95. The van der Waals surface area contributed by atoms with Gasteiger partial charge in [-0.25, -0.2) is 0 Å². The third-order valence-electron chi connectivity index (χ3n) is 4.52. The van der Waals surface area contributed by atoms with Gasteiger partial charge in [-0.15, -0.1) is 0 Å². The van der Waals surface area contributed by atoms with Crippen LogP contribution in [0, 0.1) is 0 Å². The minimum atomic E-state index is -0.268. The lowest BCUT2D eigenvalue weighted by molar-refractivity contribution is 0.102. The van der Waals surface area contributed by atoms with Gasteiger partial charge in [0.1, 0.15) is 5.75 Å². The second-order valence-electron chi connectivity index (χ2n) is 6.42. The number of fused-ring (bicyclic) bond motifs is 1. The SMILES string of the molecule is CCOc1cc(C(=O)Nc2ccc(OC)c3ccccc23)cc(OCC)c1OCC. The Balaban J connectivity index is 2.00. The molecule has 30 heavy (non-hydrogen) atoms. The predicted octanol–water partition coefficient (Wildman–Crippen LogP) is 5.30. The topological polar surface area (TPSA) is 66.0 Å². The lowest BCUT2D eigenvalue weighted by Gasteiger charge is -2.17. The monoisotopic (exact) mass is 409 g/mol. The molecule has 3 rings (SSSR count). The third kappa shape index (κ3) is 4.43. The molecule has 3 aromatic carbocycles. The molecule has 0 heterocycles. The van der Waals surface area contributed by atoms with Crippen LogP contribution in [-0.4, -0.2) is 32.8 Å². The molecular formula is C24H27NO5. The molecule has 0 unspecified atom stereocenters. The van der Waals surface area contributed by atoms with E-state index >= 15 is 0 Å². The molecule has 0 aromatic heterocycles. The molecule has 0 spiro atoms. The van der Waals surface area contributed by atoms with Crippen LogP contribution in [0.25, 0.3) is 10.8 Å². The standard InChI is InChI=1S/C24H27NO5/c1-5-28-21-14-16(15-22(29-6-2)23(21)30-7-3)24(26)25-19-12-13-20(27-4)18-11-9-8-10-17(18)19/h8-15H,5-7H2,1-4H3,(H,25,26). The minimum Gasteiger partial charge on any atom is -0.496 e. The molecule has 0 radical (unpaired) electrons. The van der Waals surface area contributed by atoms with E-state index in [1.807, 2.05) is 57.2 Å². The van der Waals surface area contributed by atoms with Crippen molar-refractivity contribution < 1.29 is 23.7 Å². The van der Waals surface area contributed by atoms with Gasteiger partial charge in [-0.3, -0.25) is 4.79 Å². The molecule has 1 amide bonds. The van der Waals surface area contributed by atoms with E-state index in [4.69, 9.17) is 18.9 Å². The zero-order valence-corrected chi connectivity index (χ0v) is 17.8. The second-order valence-corrected chi connectivity index (χ2v) is 6.42. The van der Waals surface area contributed by atoms with E-state index in [1.165, 1.54) is 0 Å². The van der Waals surface area contributed by atoms with Gasteiger partial charge in [0.15, 0.2) is 11.5 Å². The van der Waals surface area contributed by atoms with Gasteiger partial charge < -0.3 is 24.3 Å². The first-order valence-electron chi connectivity index (χ1n) is 10.1. The van der Waals surface area contributed by atoms with Gasteiger partial charge in [-0.05, 0) is 45.0 Å². The summed E-state index contributed by atoms with van der Waals surface area (Å²) in [6.45, 7) is 7.00. The lowest BCUT2D eigenvalue weighted by Crippen LogP contribution is -2.13. The lowest BCUT2D eigenvalue weighted by atomic mass is 10.1. The Morgan fingerprint density at radius 2 is 1.40 bits per heavy atom. The van der Waals surface area contributed by atoms with Crippen molar-refractivity contribution in [2.75, 3.05) is 32.2 Å². The van der Waals surface area contributed by atoms with Crippen molar-refractivity contribution in [1.29, 1.82) is 0 Å². The number of ether oxygens (including phenoxy) is 4. The number of amides is 1. The van der Waals surface area contributed by atoms with Crippen LogP contribution in [-0.2, 0) is 0 Å². The fourth-order valence-corrected chi connectivity index (χ4v) is 3.27. The number of methoxy groups -OCH3 is 1. The van der Waals surface area contributed by atoms with Crippen molar-refractivity contribution in [3.63, 3.8) is 0 Å². The van der Waals surface area contributed by atoms with Gasteiger partial charge in [0, 0.05) is 22.0 Å². The summed E-state index contributed by atoms with van der Waals surface area (Å²) in [5.41, 5.74) is 1.12. The maximum atomic E-state index is 13.1. The number of benzene rings is 3. The summed E-state index contributed by atoms with van der Waals surface area (Å²) in [6, 6.07) is 14.8. The summed E-state index contributed by atoms with van der Waals surface area (Å²) in [6.07, 6.45) is 0. The largest absolute Gasteiger partial charge is 0.496 e. The number of carbonyl (C=O) groups excluding carboxylic acids is 1. The highest BCUT2D eigenvalue weighted by atomic mass is 16.5. The molecule has 3 aromatic rings. The summed E-state index contributed by atoms with van der Waals surface area (Å²) in [4.78, 5) is 13.1. The van der Waals surface area contributed by atoms with E-state index in [-0.39, 0.29) is 5.91 Å². The maximum absolute atomic E-state index is 13.1. The van der Waals surface area contributed by atoms with Crippen LogP contribution in [0.2, 0.25) is 0 Å². The molecule has 0 saturated carbocycles. The summed E-state index contributed by atoms with van der Waals surface area (Å²) in [7, 11) is 1.63. The number of hydrogen-bond acceptors (Lipinski definition) is 5. The second kappa shape index (κ2) is 9.87. The van der Waals surface area contributed by atoms with E-state index in [9.17, 15) is 4.79 Å². The average Bonchev–Trinajstić information content (AvgIpc) is 2.76. The van der Waals surface area contributed by atoms with Crippen molar-refractivity contribution >= 4 is 22.4 Å². The van der Waals surface area contributed by atoms with Gasteiger partial charge in [-0.1, -0.05) is 24.3 Å². The van der Waals surface area contributed by atoms with Gasteiger partial charge in [0.05, 0.1) is 26.9 Å². The Hall–Kier alpha value is -3.41. The molecule has 158 valence electrons. The molecule has 0 aliphatic carbocycles. The number of carbonyl (C=O) groups is 1. The Morgan fingerprint density at radius 1 is 0.800 bits per heavy atom. The van der Waals surface area contributed by atoms with Crippen LogP contribution in [0.15, 0.2) is 48.5 Å². The van der Waals surface area contributed by atoms with Crippen molar-refractivity contribution in [3.8, 4) is 23.0 Å². The van der Waals surface area contributed by atoms with Crippen LogP contribution in [0.1, 0.15) is 31.1 Å². The normalized spacial score (nSPS) is 10.5. The highest BCUT2D eigenvalue weighted by Gasteiger charge is 2.19. The van der Waals surface area contributed by atoms with Gasteiger partial charge >= 0.3 is 0 Å². The fourth-order valence-electron chi connectivity index (χ4n) is 3.27. The first-order chi connectivity index (χ1) is 14.6. The highest BCUT2D eigenvalue weighted by molar-refractivity contribution is 6.10. The van der Waals surface area contributed by atoms with Gasteiger partial charge in [0.2, 0.25) is 5.75 Å². The van der Waals surface area contributed by atoms with Crippen LogP contribution < -0.4 is 24.3 Å². The van der Waals surface area contributed by atoms with Crippen LogP contribution in [0.5, 0.6) is 23.0 Å². The zero-order chi connectivity index (χ0) is 21.5. The Kier molecular flexibility index (Phi) is 7.01. The average molecular weight is 409 g/mol. The van der Waals surface area contributed by atoms with Crippen molar-refractivity contribution in [3.05, 3.63) is 54.1 Å². The fraction of sp³-hybridized carbons (Fsp3) is 0.292. The first kappa shape index (κ1) is 21.3. The van der Waals surface area contributed by atoms with Crippen molar-refractivity contribution in [1.82, 2.24) is 0 Å². The van der Waals surface area contributed by atoms with Crippen LogP contribution in [0.3, 0.4) is 0 Å². The molecule has 6 nitrogen and oxygen atoms in total. The van der Waals surface area contributed by atoms with E-state index in [0.717, 1.165) is 16.5 Å². The summed E-state index contributed by atoms with van der Waals surface area (Å²) < 4.78 is 22.6. The molecule has 0 fully saturated rings. The molecule has 0 aliphatic rings. The number of rotatable bonds is 9. The Morgan fingerprint density at radius 3 is 1.97 bits per heavy atom. The van der Waals surface area contributed by atoms with Gasteiger partial charge in [0.25, 0.3) is 5.91 Å². The molecule has 0 saturated heterocycles. The Bertz CT molecular complexity index is 1000. The number of hydrogen-bond donors (Lipinski definition) is 1. The number of nitrogens with one attached hydrogen (secondary N) is 1. The maximum Gasteiger partial charge on any atom is 0.255 e. The van der Waals surface area contributed by atoms with Crippen LogP contribution in [0.4, 0.5) is 5.69 Å². The number of anilines is 1. The molecule has 0 atom stereocenters. The van der Waals surface area contributed by atoms with Crippen molar-refractivity contribution in [2.45, 2.75) is 20.8 Å². The molecule has 0 bridgehead atoms. The quantitative estimate of drug-likeness (QED) is 0.520. The van der Waals surface area contributed by atoms with Crippen LogP contribution >= 0.6 is 0 Å². The minimum absolute atomic E-state index is 0.268.